The molecule has 4 rings (SSSR count). The number of halogens is 1. The molecule has 0 bridgehead atoms. The fraction of sp³-hybridized carbons (Fsp3) is 0.280. The van der Waals surface area contributed by atoms with Crippen LogP contribution in [0.1, 0.15) is 29.8 Å². The van der Waals surface area contributed by atoms with E-state index in [1.54, 1.807) is 11.3 Å². The number of amides is 1. The van der Waals surface area contributed by atoms with Crippen LogP contribution in [0.15, 0.2) is 60.7 Å². The van der Waals surface area contributed by atoms with Crippen molar-refractivity contribution in [3.05, 3.63) is 71.8 Å². The molecule has 162 valence electrons. The largest absolute Gasteiger partial charge is 0.302 e. The second-order valence-electron chi connectivity index (χ2n) is 7.48. The van der Waals surface area contributed by atoms with Crippen LogP contribution in [0.5, 0.6) is 0 Å². The number of aryl methyl sites for hydroxylation is 1. The molecule has 0 radical (unpaired) electrons. The summed E-state index contributed by atoms with van der Waals surface area (Å²) >= 11 is 1.59. The maximum Gasteiger partial charge on any atom is 0.260 e. The summed E-state index contributed by atoms with van der Waals surface area (Å²) in [6, 6.07) is 20.2. The number of carbonyl (C=O) groups excluding carboxylic acids is 1. The van der Waals surface area contributed by atoms with Crippen LogP contribution in [0.2, 0.25) is 0 Å². The Hall–Kier alpha value is -2.47. The molecule has 0 spiro atoms. The first kappa shape index (κ1) is 23.2. The van der Waals surface area contributed by atoms with Crippen molar-refractivity contribution in [2.24, 2.45) is 0 Å². The third kappa shape index (κ3) is 4.90. The van der Waals surface area contributed by atoms with Gasteiger partial charge in [-0.2, -0.15) is 0 Å². The van der Waals surface area contributed by atoms with E-state index < -0.39 is 0 Å². The SMILES string of the molecule is CCN(CC)CCN(C(=O)c1cccc2ccccc12)c1nc2ccc(C)cc2s1.Cl. The third-order valence-corrected chi connectivity index (χ3v) is 6.60. The molecule has 31 heavy (non-hydrogen) atoms. The van der Waals surface area contributed by atoms with E-state index in [9.17, 15) is 4.79 Å². The van der Waals surface area contributed by atoms with Crippen molar-refractivity contribution in [3.63, 3.8) is 0 Å². The maximum absolute atomic E-state index is 13.8. The van der Waals surface area contributed by atoms with E-state index in [0.29, 0.717) is 6.54 Å². The van der Waals surface area contributed by atoms with E-state index in [1.807, 2.05) is 53.4 Å². The molecule has 0 unspecified atom stereocenters. The van der Waals surface area contributed by atoms with Crippen molar-refractivity contribution in [1.29, 1.82) is 0 Å². The van der Waals surface area contributed by atoms with Gasteiger partial charge in [-0.15, -0.1) is 12.4 Å². The first-order valence-electron chi connectivity index (χ1n) is 10.5. The second-order valence-corrected chi connectivity index (χ2v) is 8.49. The smallest absolute Gasteiger partial charge is 0.260 e. The van der Waals surface area contributed by atoms with Crippen molar-refractivity contribution < 1.29 is 4.79 Å². The summed E-state index contributed by atoms with van der Waals surface area (Å²) in [6.45, 7) is 9.75. The Labute approximate surface area is 193 Å². The van der Waals surface area contributed by atoms with Gasteiger partial charge in [0.1, 0.15) is 0 Å². The number of rotatable bonds is 7. The van der Waals surface area contributed by atoms with E-state index in [-0.39, 0.29) is 18.3 Å². The van der Waals surface area contributed by atoms with Gasteiger partial charge in [-0.25, -0.2) is 4.98 Å². The lowest BCUT2D eigenvalue weighted by Crippen LogP contribution is -2.39. The summed E-state index contributed by atoms with van der Waals surface area (Å²) in [5, 5.41) is 2.82. The number of hydrogen-bond acceptors (Lipinski definition) is 4. The Bertz CT molecular complexity index is 1180. The maximum atomic E-state index is 13.8. The Balaban J connectivity index is 0.00000272. The summed E-state index contributed by atoms with van der Waals surface area (Å²) in [7, 11) is 0. The molecular formula is C25H28ClN3OS. The van der Waals surface area contributed by atoms with Gasteiger partial charge in [-0.1, -0.05) is 67.6 Å². The number of thiazole rings is 1. The fourth-order valence-corrected chi connectivity index (χ4v) is 4.85. The van der Waals surface area contributed by atoms with Crippen LogP contribution in [0.4, 0.5) is 5.13 Å². The molecule has 0 aliphatic heterocycles. The number of anilines is 1. The molecule has 0 saturated heterocycles. The van der Waals surface area contributed by atoms with Gasteiger partial charge in [-0.05, 0) is 54.5 Å². The molecule has 1 aromatic heterocycles. The van der Waals surface area contributed by atoms with Crippen molar-refractivity contribution in [2.45, 2.75) is 20.8 Å². The zero-order valence-electron chi connectivity index (χ0n) is 18.2. The predicted molar refractivity (Wildman–Crippen MR) is 135 cm³/mol. The second kappa shape index (κ2) is 10.2. The average Bonchev–Trinajstić information content (AvgIpc) is 3.18. The van der Waals surface area contributed by atoms with Gasteiger partial charge in [0.15, 0.2) is 5.13 Å². The number of benzene rings is 3. The number of likely N-dealkylation sites (N-methyl/N-ethyl adjacent to an activating group) is 1. The molecule has 0 atom stereocenters. The van der Waals surface area contributed by atoms with Crippen LogP contribution in [0.3, 0.4) is 0 Å². The average molecular weight is 454 g/mol. The molecular weight excluding hydrogens is 426 g/mol. The zero-order valence-corrected chi connectivity index (χ0v) is 19.8. The predicted octanol–water partition coefficient (Wildman–Crippen LogP) is 6.17. The fourth-order valence-electron chi connectivity index (χ4n) is 3.76. The zero-order chi connectivity index (χ0) is 21.1. The summed E-state index contributed by atoms with van der Waals surface area (Å²) < 4.78 is 1.11. The van der Waals surface area contributed by atoms with E-state index in [4.69, 9.17) is 4.98 Å². The number of hydrogen-bond donors (Lipinski definition) is 0. The minimum Gasteiger partial charge on any atom is -0.302 e. The number of nitrogens with zero attached hydrogens (tertiary/aromatic N) is 3. The Kier molecular flexibility index (Phi) is 7.65. The molecule has 1 amide bonds. The van der Waals surface area contributed by atoms with Gasteiger partial charge < -0.3 is 4.90 Å². The quantitative estimate of drug-likeness (QED) is 0.336. The van der Waals surface area contributed by atoms with Crippen LogP contribution < -0.4 is 4.90 Å². The lowest BCUT2D eigenvalue weighted by molar-refractivity contribution is 0.0985. The lowest BCUT2D eigenvalue weighted by Gasteiger charge is -2.25. The first-order chi connectivity index (χ1) is 14.6. The van der Waals surface area contributed by atoms with Crippen molar-refractivity contribution in [2.75, 3.05) is 31.1 Å². The summed E-state index contributed by atoms with van der Waals surface area (Å²) in [5.41, 5.74) is 2.87. The molecule has 0 fully saturated rings. The normalized spacial score (nSPS) is 11.1. The Morgan fingerprint density at radius 3 is 2.48 bits per heavy atom. The first-order valence-corrected chi connectivity index (χ1v) is 11.3. The lowest BCUT2D eigenvalue weighted by atomic mass is 10.0. The molecule has 4 aromatic rings. The number of carbonyl (C=O) groups is 1. The molecule has 0 aliphatic rings. The summed E-state index contributed by atoms with van der Waals surface area (Å²) in [5.74, 6) is 0.00901. The van der Waals surface area contributed by atoms with E-state index in [0.717, 1.165) is 51.3 Å². The van der Waals surface area contributed by atoms with E-state index >= 15 is 0 Å². The van der Waals surface area contributed by atoms with Gasteiger partial charge in [-0.3, -0.25) is 9.69 Å². The van der Waals surface area contributed by atoms with Crippen LogP contribution in [-0.2, 0) is 0 Å². The highest BCUT2D eigenvalue weighted by molar-refractivity contribution is 7.22. The molecule has 6 heteroatoms. The van der Waals surface area contributed by atoms with Crippen LogP contribution in [0.25, 0.3) is 21.0 Å². The molecule has 1 heterocycles. The summed E-state index contributed by atoms with van der Waals surface area (Å²) in [6.07, 6.45) is 0. The number of aromatic nitrogens is 1. The van der Waals surface area contributed by atoms with Crippen molar-refractivity contribution in [1.82, 2.24) is 9.88 Å². The molecule has 0 aliphatic carbocycles. The van der Waals surface area contributed by atoms with Crippen LogP contribution in [-0.4, -0.2) is 42.0 Å². The van der Waals surface area contributed by atoms with E-state index in [1.165, 1.54) is 5.56 Å². The summed E-state index contributed by atoms with van der Waals surface area (Å²) in [4.78, 5) is 22.8. The van der Waals surface area contributed by atoms with Gasteiger partial charge in [0.05, 0.1) is 10.2 Å². The Morgan fingerprint density at radius 2 is 1.71 bits per heavy atom. The molecule has 0 saturated carbocycles. The number of fused-ring (bicyclic) bond motifs is 2. The highest BCUT2D eigenvalue weighted by atomic mass is 35.5. The standard InChI is InChI=1S/C25H27N3OS.ClH/c1-4-27(5-2)15-16-28(25-26-22-14-13-18(3)17-23(22)30-25)24(29)21-12-8-10-19-9-6-7-11-20(19)21;/h6-14,17H,4-5,15-16H2,1-3H3;1H. The van der Waals surface area contributed by atoms with Gasteiger partial charge >= 0.3 is 0 Å². The molecule has 4 nitrogen and oxygen atoms in total. The highest BCUT2D eigenvalue weighted by Crippen LogP contribution is 2.31. The highest BCUT2D eigenvalue weighted by Gasteiger charge is 2.23. The Morgan fingerprint density at radius 1 is 0.968 bits per heavy atom. The third-order valence-electron chi connectivity index (χ3n) is 5.56. The minimum absolute atomic E-state index is 0. The van der Waals surface area contributed by atoms with Crippen LogP contribution in [0, 0.1) is 6.92 Å². The van der Waals surface area contributed by atoms with Gasteiger partial charge in [0.25, 0.3) is 5.91 Å². The topological polar surface area (TPSA) is 36.4 Å². The van der Waals surface area contributed by atoms with Crippen LogP contribution >= 0.6 is 23.7 Å². The van der Waals surface area contributed by atoms with E-state index in [2.05, 4.69) is 37.8 Å². The van der Waals surface area contributed by atoms with Gasteiger partial charge in [0, 0.05) is 18.7 Å². The monoisotopic (exact) mass is 453 g/mol. The molecule has 0 N–H and O–H groups in total. The van der Waals surface area contributed by atoms with Crippen molar-refractivity contribution in [3.8, 4) is 0 Å². The van der Waals surface area contributed by atoms with Gasteiger partial charge in [0.2, 0.25) is 0 Å². The molecule has 3 aromatic carbocycles. The van der Waals surface area contributed by atoms with Crippen molar-refractivity contribution >= 4 is 55.8 Å². The minimum atomic E-state index is 0.